The molecule has 5 heteroatoms. The zero-order valence-corrected chi connectivity index (χ0v) is 12.4. The van der Waals surface area contributed by atoms with Crippen LogP contribution in [0, 0.1) is 0 Å². The number of aromatic nitrogens is 2. The Morgan fingerprint density at radius 3 is 2.85 bits per heavy atom. The number of rotatable bonds is 5. The Hall–Kier alpha value is -1.81. The summed E-state index contributed by atoms with van der Waals surface area (Å²) in [7, 11) is 0. The van der Waals surface area contributed by atoms with Gasteiger partial charge in [0.05, 0.1) is 0 Å². The number of nitrogens with one attached hydrogen (secondary N) is 2. The number of carbonyl (C=O) groups excluding carboxylic acids is 1. The predicted octanol–water partition coefficient (Wildman–Crippen LogP) is 2.99. The average Bonchev–Trinajstić information content (AvgIpc) is 2.90. The quantitative estimate of drug-likeness (QED) is 0.890. The summed E-state index contributed by atoms with van der Waals surface area (Å²) in [6, 6.07) is 9.42. The molecule has 0 aliphatic carbocycles. The third-order valence-corrected chi connectivity index (χ3v) is 3.47. The lowest BCUT2D eigenvalue weighted by molar-refractivity contribution is 0.0935. The number of H-pyrrole nitrogens is 1. The van der Waals surface area contributed by atoms with Crippen LogP contribution < -0.4 is 5.32 Å². The maximum absolute atomic E-state index is 12.0. The Morgan fingerprint density at radius 1 is 1.45 bits per heavy atom. The highest BCUT2D eigenvalue weighted by atomic mass is 35.5. The Morgan fingerprint density at radius 2 is 2.20 bits per heavy atom. The molecule has 0 bridgehead atoms. The zero-order valence-electron chi connectivity index (χ0n) is 11.6. The van der Waals surface area contributed by atoms with Crippen molar-refractivity contribution in [2.45, 2.75) is 32.7 Å². The summed E-state index contributed by atoms with van der Waals surface area (Å²) in [5, 5.41) is 10.5. The van der Waals surface area contributed by atoms with Crippen molar-refractivity contribution in [2.75, 3.05) is 0 Å². The van der Waals surface area contributed by atoms with Gasteiger partial charge < -0.3 is 5.32 Å². The molecule has 1 aromatic heterocycles. The van der Waals surface area contributed by atoms with Crippen molar-refractivity contribution >= 4 is 17.5 Å². The highest BCUT2D eigenvalue weighted by Gasteiger charge is 2.14. The largest absolute Gasteiger partial charge is 0.348 e. The smallest absolute Gasteiger partial charge is 0.271 e. The van der Waals surface area contributed by atoms with Crippen LogP contribution in [0.25, 0.3) is 0 Å². The van der Waals surface area contributed by atoms with Crippen LogP contribution in [0.4, 0.5) is 0 Å². The number of benzene rings is 1. The molecule has 0 aliphatic rings. The van der Waals surface area contributed by atoms with E-state index in [4.69, 9.17) is 11.6 Å². The molecule has 2 rings (SSSR count). The van der Waals surface area contributed by atoms with Crippen molar-refractivity contribution < 1.29 is 4.79 Å². The van der Waals surface area contributed by atoms with E-state index in [0.29, 0.717) is 12.1 Å². The number of amides is 1. The minimum Gasteiger partial charge on any atom is -0.348 e. The van der Waals surface area contributed by atoms with Gasteiger partial charge in [0.1, 0.15) is 5.69 Å². The Balaban J connectivity index is 1.96. The van der Waals surface area contributed by atoms with E-state index in [1.807, 2.05) is 38.1 Å². The topological polar surface area (TPSA) is 57.8 Å². The molecule has 1 heterocycles. The maximum Gasteiger partial charge on any atom is 0.271 e. The minimum absolute atomic E-state index is 0.0100. The molecular weight excluding hydrogens is 274 g/mol. The number of aromatic amines is 1. The summed E-state index contributed by atoms with van der Waals surface area (Å²) in [4.78, 5) is 12.0. The molecule has 1 aromatic carbocycles. The van der Waals surface area contributed by atoms with Gasteiger partial charge in [0.2, 0.25) is 0 Å². The molecule has 1 unspecified atom stereocenters. The van der Waals surface area contributed by atoms with Gasteiger partial charge in [-0.15, -0.1) is 0 Å². The molecule has 2 aromatic rings. The van der Waals surface area contributed by atoms with Gasteiger partial charge in [0.25, 0.3) is 5.91 Å². The second-order valence-corrected chi connectivity index (χ2v) is 5.21. The average molecular weight is 292 g/mol. The van der Waals surface area contributed by atoms with Crippen molar-refractivity contribution in [3.63, 3.8) is 0 Å². The summed E-state index contributed by atoms with van der Waals surface area (Å²) in [5.41, 5.74) is 2.40. The van der Waals surface area contributed by atoms with Gasteiger partial charge in [-0.25, -0.2) is 0 Å². The lowest BCUT2D eigenvalue weighted by Crippen LogP contribution is -2.34. The monoisotopic (exact) mass is 291 g/mol. The predicted molar refractivity (Wildman–Crippen MR) is 80.0 cm³/mol. The second kappa shape index (κ2) is 6.57. The molecule has 106 valence electrons. The van der Waals surface area contributed by atoms with Gasteiger partial charge in [-0.05, 0) is 37.5 Å². The van der Waals surface area contributed by atoms with Crippen LogP contribution in [0.15, 0.2) is 30.3 Å². The van der Waals surface area contributed by atoms with Gasteiger partial charge in [0, 0.05) is 16.8 Å². The van der Waals surface area contributed by atoms with Gasteiger partial charge in [-0.1, -0.05) is 36.7 Å². The Labute approximate surface area is 123 Å². The van der Waals surface area contributed by atoms with E-state index in [1.165, 1.54) is 0 Å². The fourth-order valence-electron chi connectivity index (χ4n) is 2.00. The van der Waals surface area contributed by atoms with Crippen LogP contribution in [-0.2, 0) is 12.8 Å². The molecule has 0 aliphatic heterocycles. The second-order valence-electron chi connectivity index (χ2n) is 4.80. The van der Waals surface area contributed by atoms with E-state index in [1.54, 1.807) is 6.07 Å². The third-order valence-electron chi connectivity index (χ3n) is 3.11. The van der Waals surface area contributed by atoms with Crippen LogP contribution >= 0.6 is 11.6 Å². The normalized spacial score (nSPS) is 12.2. The maximum atomic E-state index is 12.0. The van der Waals surface area contributed by atoms with E-state index >= 15 is 0 Å². The summed E-state index contributed by atoms with van der Waals surface area (Å²) >= 11 is 6.11. The lowest BCUT2D eigenvalue weighted by atomic mass is 10.1. The molecule has 4 nitrogen and oxygen atoms in total. The van der Waals surface area contributed by atoms with E-state index < -0.39 is 0 Å². The summed E-state index contributed by atoms with van der Waals surface area (Å²) in [6.07, 6.45) is 1.52. The third kappa shape index (κ3) is 3.61. The number of carbonyl (C=O) groups is 1. The van der Waals surface area contributed by atoms with E-state index in [9.17, 15) is 4.79 Å². The number of hydrogen-bond donors (Lipinski definition) is 2. The van der Waals surface area contributed by atoms with Crippen LogP contribution in [0.5, 0.6) is 0 Å². The molecule has 0 radical (unpaired) electrons. The van der Waals surface area contributed by atoms with Gasteiger partial charge >= 0.3 is 0 Å². The first-order valence-electron chi connectivity index (χ1n) is 6.68. The molecule has 1 atom stereocenters. The van der Waals surface area contributed by atoms with Crippen LogP contribution in [0.2, 0.25) is 5.02 Å². The van der Waals surface area contributed by atoms with Gasteiger partial charge in [0.15, 0.2) is 0 Å². The van der Waals surface area contributed by atoms with Gasteiger partial charge in [-0.2, -0.15) is 5.10 Å². The van der Waals surface area contributed by atoms with Crippen molar-refractivity contribution in [3.8, 4) is 0 Å². The molecule has 2 N–H and O–H groups in total. The summed E-state index contributed by atoms with van der Waals surface area (Å²) in [6.45, 7) is 3.96. The summed E-state index contributed by atoms with van der Waals surface area (Å²) in [5.74, 6) is -0.166. The SMILES string of the molecule is CCc1cc(C(=O)NC(C)Cc2ccccc2Cl)n[nH]1. The number of aryl methyl sites for hydroxylation is 1. The Bertz CT molecular complexity index is 594. The standard InChI is InChI=1S/C15H18ClN3O/c1-3-12-9-14(19-18-12)15(20)17-10(2)8-11-6-4-5-7-13(11)16/h4-7,9-10H,3,8H2,1-2H3,(H,17,20)(H,18,19). The number of nitrogens with zero attached hydrogens (tertiary/aromatic N) is 1. The molecule has 0 spiro atoms. The van der Waals surface area contributed by atoms with E-state index in [0.717, 1.165) is 22.7 Å². The fourth-order valence-corrected chi connectivity index (χ4v) is 2.21. The van der Waals surface area contributed by atoms with Crippen molar-refractivity contribution in [3.05, 3.63) is 52.3 Å². The lowest BCUT2D eigenvalue weighted by Gasteiger charge is -2.13. The first-order valence-corrected chi connectivity index (χ1v) is 7.06. The minimum atomic E-state index is -0.166. The molecule has 0 saturated carbocycles. The van der Waals surface area contributed by atoms with Crippen LogP contribution in [0.1, 0.15) is 35.6 Å². The van der Waals surface area contributed by atoms with Crippen LogP contribution in [-0.4, -0.2) is 22.1 Å². The van der Waals surface area contributed by atoms with Crippen molar-refractivity contribution in [1.29, 1.82) is 0 Å². The Kier molecular flexibility index (Phi) is 4.79. The fraction of sp³-hybridized carbons (Fsp3) is 0.333. The molecule has 0 fully saturated rings. The first-order chi connectivity index (χ1) is 9.60. The highest BCUT2D eigenvalue weighted by Crippen LogP contribution is 2.16. The van der Waals surface area contributed by atoms with Crippen LogP contribution in [0.3, 0.4) is 0 Å². The zero-order chi connectivity index (χ0) is 14.5. The van der Waals surface area contributed by atoms with Crippen molar-refractivity contribution in [2.24, 2.45) is 0 Å². The van der Waals surface area contributed by atoms with Gasteiger partial charge in [-0.3, -0.25) is 9.89 Å². The molecular formula is C15H18ClN3O. The number of halogens is 1. The van der Waals surface area contributed by atoms with Crippen molar-refractivity contribution in [1.82, 2.24) is 15.5 Å². The van der Waals surface area contributed by atoms with E-state index in [-0.39, 0.29) is 11.9 Å². The first kappa shape index (κ1) is 14.6. The number of hydrogen-bond acceptors (Lipinski definition) is 2. The molecule has 0 saturated heterocycles. The molecule has 20 heavy (non-hydrogen) atoms. The molecule has 1 amide bonds. The van der Waals surface area contributed by atoms with E-state index in [2.05, 4.69) is 15.5 Å². The highest BCUT2D eigenvalue weighted by molar-refractivity contribution is 6.31. The summed E-state index contributed by atoms with van der Waals surface area (Å²) < 4.78 is 0.